The van der Waals surface area contributed by atoms with Gasteiger partial charge in [0, 0.05) is 6.54 Å². The van der Waals surface area contributed by atoms with Crippen molar-refractivity contribution in [3.63, 3.8) is 0 Å². The normalized spacial score (nSPS) is 13.9. The number of unbranched alkanes of at least 4 members (excludes halogenated alkanes) is 2. The van der Waals surface area contributed by atoms with Crippen molar-refractivity contribution in [1.29, 1.82) is 0 Å². The molecule has 104 valence electrons. The minimum atomic E-state index is 0.0701. The summed E-state index contributed by atoms with van der Waals surface area (Å²) in [6.07, 6.45) is 8.37. The Labute approximate surface area is 111 Å². The van der Waals surface area contributed by atoms with E-state index in [1.165, 1.54) is 45.1 Å². The highest BCUT2D eigenvalue weighted by Gasteiger charge is 2.17. The third kappa shape index (κ3) is 8.16. The highest BCUT2D eigenvalue weighted by Crippen LogP contribution is 2.40. The molecule has 0 aromatic heterocycles. The first kappa shape index (κ1) is 17.4. The second-order valence-corrected chi connectivity index (χ2v) is 8.52. The van der Waals surface area contributed by atoms with Gasteiger partial charge in [-0.3, -0.25) is 4.67 Å². The highest BCUT2D eigenvalue weighted by atomic mass is 31.1. The van der Waals surface area contributed by atoms with Gasteiger partial charge in [-0.1, -0.05) is 53.4 Å². The average Bonchev–Trinajstić information content (AvgIpc) is 2.31. The van der Waals surface area contributed by atoms with Gasteiger partial charge in [0.2, 0.25) is 0 Å². The van der Waals surface area contributed by atoms with Gasteiger partial charge < -0.3 is 0 Å². The predicted molar refractivity (Wildman–Crippen MR) is 83.2 cm³/mol. The van der Waals surface area contributed by atoms with Crippen molar-refractivity contribution in [2.45, 2.75) is 71.9 Å². The van der Waals surface area contributed by atoms with Gasteiger partial charge >= 0.3 is 0 Å². The fraction of sp³-hybridized carbons (Fsp3) is 1.00. The van der Waals surface area contributed by atoms with Crippen LogP contribution in [-0.4, -0.2) is 30.6 Å². The van der Waals surface area contributed by atoms with Crippen LogP contribution in [-0.2, 0) is 0 Å². The first-order chi connectivity index (χ1) is 8.02. The van der Waals surface area contributed by atoms with Gasteiger partial charge in [0.05, 0.1) is 0 Å². The Morgan fingerprint density at radius 2 is 1.47 bits per heavy atom. The largest absolute Gasteiger partial charge is 0.285 e. The molecule has 0 radical (unpaired) electrons. The molecule has 0 rings (SSSR count). The molecule has 0 fully saturated rings. The first-order valence-corrected chi connectivity index (χ1v) is 9.27. The summed E-state index contributed by atoms with van der Waals surface area (Å²) in [5.74, 6) is 0.934. The van der Waals surface area contributed by atoms with Crippen molar-refractivity contribution >= 4 is 8.07 Å². The van der Waals surface area contributed by atoms with Crippen molar-refractivity contribution in [3.05, 3.63) is 0 Å². The first-order valence-electron chi connectivity index (χ1n) is 7.46. The van der Waals surface area contributed by atoms with Crippen LogP contribution >= 0.6 is 8.07 Å². The zero-order chi connectivity index (χ0) is 13.3. The lowest BCUT2D eigenvalue weighted by molar-refractivity contribution is 0.346. The lowest BCUT2D eigenvalue weighted by atomic mass is 9.96. The second kappa shape index (κ2) is 10.3. The molecule has 0 spiro atoms. The average molecular weight is 259 g/mol. The Kier molecular flexibility index (Phi) is 10.6. The Bertz CT molecular complexity index is 162. The molecular formula is C15H34NP. The van der Waals surface area contributed by atoms with E-state index in [0.717, 1.165) is 11.6 Å². The topological polar surface area (TPSA) is 3.24 Å². The molecule has 1 nitrogen and oxygen atoms in total. The minimum absolute atomic E-state index is 0.0701. The number of hydrogen-bond acceptors (Lipinski definition) is 1. The molecule has 0 aromatic rings. The SMILES string of the molecule is CCCCC(CCCC)CN(C)P(C)C(C)C. The van der Waals surface area contributed by atoms with Gasteiger partial charge in [-0.15, -0.1) is 0 Å². The molecule has 0 heterocycles. The zero-order valence-electron chi connectivity index (χ0n) is 13.0. The lowest BCUT2D eigenvalue weighted by Gasteiger charge is -2.31. The van der Waals surface area contributed by atoms with E-state index in [2.05, 4.69) is 46.1 Å². The van der Waals surface area contributed by atoms with Gasteiger partial charge in [0.15, 0.2) is 0 Å². The molecule has 1 unspecified atom stereocenters. The van der Waals surface area contributed by atoms with Crippen LogP contribution in [0, 0.1) is 5.92 Å². The van der Waals surface area contributed by atoms with E-state index in [4.69, 9.17) is 0 Å². The van der Waals surface area contributed by atoms with E-state index >= 15 is 0 Å². The van der Waals surface area contributed by atoms with Gasteiger partial charge in [-0.25, -0.2) is 0 Å². The lowest BCUT2D eigenvalue weighted by Crippen LogP contribution is -2.23. The van der Waals surface area contributed by atoms with Crippen molar-refractivity contribution in [1.82, 2.24) is 4.67 Å². The zero-order valence-corrected chi connectivity index (χ0v) is 13.9. The third-order valence-electron chi connectivity index (χ3n) is 3.74. The highest BCUT2D eigenvalue weighted by molar-refractivity contribution is 7.55. The summed E-state index contributed by atoms with van der Waals surface area (Å²) < 4.78 is 2.63. The maximum Gasteiger partial charge on any atom is 0.00462 e. The molecule has 1 atom stereocenters. The maximum absolute atomic E-state index is 2.63. The Hall–Kier alpha value is 0.390. The van der Waals surface area contributed by atoms with E-state index in [1.54, 1.807) is 0 Å². The summed E-state index contributed by atoms with van der Waals surface area (Å²) in [5, 5.41) is 0. The monoisotopic (exact) mass is 259 g/mol. The van der Waals surface area contributed by atoms with Gasteiger partial charge in [-0.2, -0.15) is 0 Å². The van der Waals surface area contributed by atoms with Crippen LogP contribution < -0.4 is 0 Å². The van der Waals surface area contributed by atoms with E-state index < -0.39 is 0 Å². The molecule has 0 N–H and O–H groups in total. The number of rotatable bonds is 10. The van der Waals surface area contributed by atoms with E-state index in [1.807, 2.05) is 0 Å². The molecule has 17 heavy (non-hydrogen) atoms. The van der Waals surface area contributed by atoms with Crippen LogP contribution in [0.3, 0.4) is 0 Å². The summed E-state index contributed by atoms with van der Waals surface area (Å²) in [4.78, 5) is 0. The van der Waals surface area contributed by atoms with E-state index in [0.29, 0.717) is 0 Å². The molecule has 0 saturated heterocycles. The Morgan fingerprint density at radius 1 is 1.00 bits per heavy atom. The van der Waals surface area contributed by atoms with Crippen LogP contribution in [0.1, 0.15) is 66.2 Å². The summed E-state index contributed by atoms with van der Waals surface area (Å²) in [7, 11) is 2.40. The van der Waals surface area contributed by atoms with Crippen molar-refractivity contribution < 1.29 is 0 Å². The van der Waals surface area contributed by atoms with Crippen LogP contribution in [0.2, 0.25) is 0 Å². The minimum Gasteiger partial charge on any atom is -0.285 e. The molecule has 0 aliphatic rings. The van der Waals surface area contributed by atoms with Crippen molar-refractivity contribution in [2.24, 2.45) is 5.92 Å². The van der Waals surface area contributed by atoms with Gasteiger partial charge in [0.1, 0.15) is 0 Å². The molecule has 0 aliphatic carbocycles. The summed E-state index contributed by atoms with van der Waals surface area (Å²) in [6, 6.07) is 0. The maximum atomic E-state index is 2.63. The predicted octanol–water partition coefficient (Wildman–Crippen LogP) is 5.35. The third-order valence-corrected chi connectivity index (χ3v) is 6.48. The fourth-order valence-electron chi connectivity index (χ4n) is 2.21. The van der Waals surface area contributed by atoms with E-state index in [-0.39, 0.29) is 8.07 Å². The summed E-state index contributed by atoms with van der Waals surface area (Å²) >= 11 is 0. The summed E-state index contributed by atoms with van der Waals surface area (Å²) in [6.45, 7) is 13.1. The number of hydrogen-bond donors (Lipinski definition) is 0. The van der Waals surface area contributed by atoms with Crippen LogP contribution in [0.25, 0.3) is 0 Å². The molecule has 0 amide bonds. The fourth-order valence-corrected chi connectivity index (χ4v) is 3.49. The molecule has 0 saturated carbocycles. The Morgan fingerprint density at radius 3 is 1.82 bits per heavy atom. The van der Waals surface area contributed by atoms with Crippen LogP contribution in [0.4, 0.5) is 0 Å². The van der Waals surface area contributed by atoms with Crippen LogP contribution in [0.15, 0.2) is 0 Å². The number of nitrogens with zero attached hydrogens (tertiary/aromatic N) is 1. The van der Waals surface area contributed by atoms with Gasteiger partial charge in [0.25, 0.3) is 0 Å². The standard InChI is InChI=1S/C15H34NP/c1-7-9-11-15(12-10-8-2)13-16(5)17(6)14(3)4/h14-15H,7-13H2,1-6H3. The quantitative estimate of drug-likeness (QED) is 0.478. The Balaban J connectivity index is 4.10. The van der Waals surface area contributed by atoms with Crippen LogP contribution in [0.5, 0.6) is 0 Å². The second-order valence-electron chi connectivity index (χ2n) is 5.66. The van der Waals surface area contributed by atoms with Crippen molar-refractivity contribution in [2.75, 3.05) is 20.3 Å². The molecule has 0 aromatic carbocycles. The summed E-state index contributed by atoms with van der Waals surface area (Å²) in [5.41, 5.74) is 0.827. The van der Waals surface area contributed by atoms with Crippen molar-refractivity contribution in [3.8, 4) is 0 Å². The molecule has 0 bridgehead atoms. The molecule has 0 aliphatic heterocycles. The molecular weight excluding hydrogens is 225 g/mol. The smallest absolute Gasteiger partial charge is 0.00462 e. The molecule has 2 heteroatoms. The van der Waals surface area contributed by atoms with Gasteiger partial charge in [-0.05, 0) is 46.2 Å². The van der Waals surface area contributed by atoms with E-state index in [9.17, 15) is 0 Å².